The lowest BCUT2D eigenvalue weighted by molar-refractivity contribution is -0.897. The van der Waals surface area contributed by atoms with Crippen LogP contribution < -0.4 is 0 Å². The van der Waals surface area contributed by atoms with E-state index in [0.717, 1.165) is 11.0 Å². The minimum atomic E-state index is 0.532. The summed E-state index contributed by atoms with van der Waals surface area (Å²) >= 11 is 0. The van der Waals surface area contributed by atoms with E-state index in [9.17, 15) is 0 Å². The molecule has 2 rings (SSSR count). The van der Waals surface area contributed by atoms with Crippen LogP contribution in [0.1, 0.15) is 24.1 Å². The van der Waals surface area contributed by atoms with E-state index in [-0.39, 0.29) is 0 Å². The molecule has 0 bridgehead atoms. The molecule has 70 valence electrons. The molecule has 0 saturated carbocycles. The zero-order valence-electron chi connectivity index (χ0n) is 8.46. The van der Waals surface area contributed by atoms with E-state index < -0.39 is 0 Å². The molecule has 0 fully saturated rings. The fourth-order valence-corrected chi connectivity index (χ4v) is 2.07. The molecule has 0 unspecified atom stereocenters. The van der Waals surface area contributed by atoms with Crippen molar-refractivity contribution in [3.05, 3.63) is 42.4 Å². The molecule has 1 nitrogen and oxygen atoms in total. The summed E-state index contributed by atoms with van der Waals surface area (Å²) in [6.45, 7) is 3.42. The Hall–Kier alpha value is -0.820. The molecular formula is C12H17N. The fraction of sp³-hybridized carbons (Fsp3) is 0.417. The predicted octanol–water partition coefficient (Wildman–Crippen LogP) is 2.54. The first kappa shape index (κ1) is 8.76. The first-order valence-electron chi connectivity index (χ1n) is 4.88. The number of rotatable bonds is 0. The zero-order valence-corrected chi connectivity index (χ0v) is 8.46. The van der Waals surface area contributed by atoms with Crippen LogP contribution in [0.15, 0.2) is 24.3 Å². The smallest absolute Gasteiger partial charge is 0.0878 e. The summed E-state index contributed by atoms with van der Waals surface area (Å²) in [7, 11) is 6.46. The lowest BCUT2D eigenvalue weighted by atomic mass is 9.92. The highest BCUT2D eigenvalue weighted by Crippen LogP contribution is 2.32. The van der Waals surface area contributed by atoms with E-state index in [1.54, 1.807) is 0 Å². The van der Waals surface area contributed by atoms with E-state index in [2.05, 4.69) is 45.3 Å². The standard InChI is InChI=1S/C12H17N/c1-10-12-7-5-4-6-11(12)8-9-13(10,2)3/h4-7,10H,2,8-9H2,1,3H3/t10-,13+/m0/s1. The van der Waals surface area contributed by atoms with Crippen LogP contribution in [0.2, 0.25) is 0 Å². The average Bonchev–Trinajstić information content (AvgIpc) is 2.13. The van der Waals surface area contributed by atoms with Crippen molar-refractivity contribution in [3.63, 3.8) is 0 Å². The third kappa shape index (κ3) is 1.37. The summed E-state index contributed by atoms with van der Waals surface area (Å²) in [6.07, 6.45) is 1.17. The summed E-state index contributed by atoms with van der Waals surface area (Å²) in [5, 5.41) is 0. The van der Waals surface area contributed by atoms with Crippen LogP contribution in [-0.4, -0.2) is 18.1 Å². The SMILES string of the molecule is [CH2-][N@@+]1(C)CCc2ccccc2[C@@H]1C. The van der Waals surface area contributed by atoms with Gasteiger partial charge >= 0.3 is 0 Å². The van der Waals surface area contributed by atoms with Gasteiger partial charge in [-0.1, -0.05) is 24.3 Å². The van der Waals surface area contributed by atoms with Crippen molar-refractivity contribution in [1.82, 2.24) is 0 Å². The number of benzene rings is 1. The molecule has 0 spiro atoms. The van der Waals surface area contributed by atoms with Crippen LogP contribution in [0, 0.1) is 7.05 Å². The average molecular weight is 175 g/mol. The molecule has 1 aliphatic heterocycles. The zero-order chi connectivity index (χ0) is 9.47. The Morgan fingerprint density at radius 1 is 1.38 bits per heavy atom. The minimum absolute atomic E-state index is 0.532. The fourth-order valence-electron chi connectivity index (χ4n) is 2.07. The third-order valence-electron chi connectivity index (χ3n) is 3.33. The molecule has 13 heavy (non-hydrogen) atoms. The second-order valence-corrected chi connectivity index (χ2v) is 4.33. The van der Waals surface area contributed by atoms with Crippen molar-refractivity contribution in [1.29, 1.82) is 0 Å². The van der Waals surface area contributed by atoms with Crippen LogP contribution in [0.3, 0.4) is 0 Å². The van der Waals surface area contributed by atoms with Gasteiger partial charge in [-0.25, -0.2) is 0 Å². The van der Waals surface area contributed by atoms with Gasteiger partial charge in [0, 0.05) is 19.0 Å². The Balaban J connectivity index is 2.45. The van der Waals surface area contributed by atoms with Crippen molar-refractivity contribution in [2.75, 3.05) is 13.6 Å². The van der Waals surface area contributed by atoms with E-state index in [0.29, 0.717) is 6.04 Å². The second kappa shape index (κ2) is 2.85. The number of hydrogen-bond donors (Lipinski definition) is 0. The molecule has 0 saturated heterocycles. The Morgan fingerprint density at radius 2 is 2.08 bits per heavy atom. The van der Waals surface area contributed by atoms with Gasteiger partial charge in [-0.2, -0.15) is 0 Å². The lowest BCUT2D eigenvalue weighted by Crippen LogP contribution is -2.44. The molecule has 0 amide bonds. The maximum atomic E-state index is 4.25. The molecule has 0 N–H and O–H groups in total. The second-order valence-electron chi connectivity index (χ2n) is 4.33. The largest absolute Gasteiger partial charge is 0.453 e. The van der Waals surface area contributed by atoms with Crippen molar-refractivity contribution in [3.8, 4) is 0 Å². The Morgan fingerprint density at radius 3 is 2.85 bits per heavy atom. The van der Waals surface area contributed by atoms with E-state index >= 15 is 0 Å². The molecule has 0 aliphatic carbocycles. The van der Waals surface area contributed by atoms with Gasteiger partial charge in [0.2, 0.25) is 0 Å². The van der Waals surface area contributed by atoms with Gasteiger partial charge in [-0.05, 0) is 12.5 Å². The van der Waals surface area contributed by atoms with Gasteiger partial charge in [-0.15, -0.1) is 7.05 Å². The van der Waals surface area contributed by atoms with Gasteiger partial charge in [0.15, 0.2) is 0 Å². The van der Waals surface area contributed by atoms with E-state index in [1.807, 2.05) is 0 Å². The van der Waals surface area contributed by atoms with Crippen molar-refractivity contribution in [2.24, 2.45) is 0 Å². The summed E-state index contributed by atoms with van der Waals surface area (Å²) in [4.78, 5) is 0. The maximum absolute atomic E-state index is 4.25. The minimum Gasteiger partial charge on any atom is -0.453 e. The van der Waals surface area contributed by atoms with Gasteiger partial charge in [0.1, 0.15) is 0 Å². The first-order chi connectivity index (χ1) is 6.11. The molecule has 2 atom stereocenters. The Bertz CT molecular complexity index is 315. The van der Waals surface area contributed by atoms with Crippen LogP contribution >= 0.6 is 0 Å². The molecule has 1 aliphatic rings. The maximum Gasteiger partial charge on any atom is 0.0878 e. The predicted molar refractivity (Wildman–Crippen MR) is 55.0 cm³/mol. The van der Waals surface area contributed by atoms with E-state index in [4.69, 9.17) is 0 Å². The number of likely N-dealkylation sites (N-methyl/N-ethyl adjacent to an activating group) is 1. The molecular weight excluding hydrogens is 158 g/mol. The normalized spacial score (nSPS) is 32.7. The lowest BCUT2D eigenvalue weighted by Gasteiger charge is -2.47. The number of quaternary nitrogens is 1. The Kier molecular flexibility index (Phi) is 1.92. The number of fused-ring (bicyclic) bond motifs is 1. The van der Waals surface area contributed by atoms with Gasteiger partial charge < -0.3 is 4.48 Å². The summed E-state index contributed by atoms with van der Waals surface area (Å²) in [6, 6.07) is 9.27. The van der Waals surface area contributed by atoms with Crippen LogP contribution in [0.25, 0.3) is 0 Å². The highest BCUT2D eigenvalue weighted by atomic mass is 15.3. The highest BCUT2D eigenvalue weighted by molar-refractivity contribution is 5.30. The van der Waals surface area contributed by atoms with Crippen molar-refractivity contribution < 1.29 is 4.48 Å². The van der Waals surface area contributed by atoms with Gasteiger partial charge in [0.25, 0.3) is 0 Å². The summed E-state index contributed by atoms with van der Waals surface area (Å²) in [5.41, 5.74) is 2.99. The monoisotopic (exact) mass is 175 g/mol. The first-order valence-corrected chi connectivity index (χ1v) is 4.88. The van der Waals surface area contributed by atoms with Gasteiger partial charge in [-0.3, -0.25) is 0 Å². The number of hydrogen-bond acceptors (Lipinski definition) is 0. The molecule has 1 aromatic carbocycles. The third-order valence-corrected chi connectivity index (χ3v) is 3.33. The van der Waals surface area contributed by atoms with Crippen LogP contribution in [0.5, 0.6) is 0 Å². The van der Waals surface area contributed by atoms with Crippen LogP contribution in [-0.2, 0) is 6.42 Å². The highest BCUT2D eigenvalue weighted by Gasteiger charge is 2.26. The summed E-state index contributed by atoms with van der Waals surface area (Å²) < 4.78 is 0.872. The topological polar surface area (TPSA) is 0 Å². The Labute approximate surface area is 80.6 Å². The quantitative estimate of drug-likeness (QED) is 0.420. The molecule has 1 aromatic rings. The van der Waals surface area contributed by atoms with E-state index in [1.165, 1.54) is 17.5 Å². The van der Waals surface area contributed by atoms with Crippen molar-refractivity contribution >= 4 is 0 Å². The van der Waals surface area contributed by atoms with Gasteiger partial charge in [0.05, 0.1) is 12.6 Å². The molecule has 1 heteroatoms. The summed E-state index contributed by atoms with van der Waals surface area (Å²) in [5.74, 6) is 0. The molecule has 0 aromatic heterocycles. The van der Waals surface area contributed by atoms with Crippen LogP contribution in [0.4, 0.5) is 0 Å². The molecule has 0 radical (unpaired) electrons. The molecule has 1 heterocycles. The number of nitrogens with zero attached hydrogens (tertiary/aromatic N) is 1. The van der Waals surface area contributed by atoms with Crippen molar-refractivity contribution in [2.45, 2.75) is 19.4 Å².